The standard InChI is InChI=1S/C34H44N4O2/c1-6-38(29-13-17-40-18-14-29)32-21-27(8-7-26-11-15-35-16-12-26)20-30(25(32)4)33(28-9-10-28)37(5)22-31-23(2)19-24(3)36-34(31)39/h19-21,26,29,35H,5-6,9-18,22H2,1-4H3/p+1. The summed E-state index contributed by atoms with van der Waals surface area (Å²) >= 11 is 0. The Morgan fingerprint density at radius 3 is 2.48 bits per heavy atom. The van der Waals surface area contributed by atoms with Crippen LogP contribution < -0.4 is 15.8 Å². The van der Waals surface area contributed by atoms with Crippen molar-refractivity contribution < 1.29 is 9.31 Å². The molecule has 0 amide bonds. The molecule has 6 nitrogen and oxygen atoms in total. The molecular weight excluding hydrogens is 496 g/mol. The van der Waals surface area contributed by atoms with Crippen molar-refractivity contribution in [3.63, 3.8) is 0 Å². The molecule has 1 aliphatic carbocycles. The van der Waals surface area contributed by atoms with Crippen molar-refractivity contribution in [2.75, 3.05) is 37.7 Å². The summed E-state index contributed by atoms with van der Waals surface area (Å²) in [6, 6.07) is 7.08. The van der Waals surface area contributed by atoms with E-state index in [4.69, 9.17) is 4.74 Å². The van der Waals surface area contributed by atoms with Crippen LogP contribution in [0.4, 0.5) is 5.69 Å². The van der Waals surface area contributed by atoms with Gasteiger partial charge in [-0.25, -0.2) is 4.58 Å². The molecule has 0 spiro atoms. The third kappa shape index (κ3) is 6.43. The van der Waals surface area contributed by atoms with Crippen molar-refractivity contribution in [1.29, 1.82) is 0 Å². The van der Waals surface area contributed by atoms with Crippen LogP contribution in [-0.2, 0) is 11.3 Å². The van der Waals surface area contributed by atoms with Crippen molar-refractivity contribution in [1.82, 2.24) is 10.3 Å². The van der Waals surface area contributed by atoms with E-state index in [0.717, 1.165) is 99.5 Å². The Hall–Kier alpha value is -3.14. The second-order valence-corrected chi connectivity index (χ2v) is 11.7. The molecule has 212 valence electrons. The number of allylic oxidation sites excluding steroid dienone is 1. The van der Waals surface area contributed by atoms with Crippen LogP contribution in [0.3, 0.4) is 0 Å². The fourth-order valence-electron chi connectivity index (χ4n) is 6.32. The van der Waals surface area contributed by atoms with Crippen LogP contribution in [-0.4, -0.2) is 55.2 Å². The molecule has 2 aliphatic heterocycles. The Morgan fingerprint density at radius 2 is 1.82 bits per heavy atom. The Morgan fingerprint density at radius 1 is 1.10 bits per heavy atom. The topological polar surface area (TPSA) is 60.4 Å². The Kier molecular flexibility index (Phi) is 8.93. The van der Waals surface area contributed by atoms with E-state index in [9.17, 15) is 4.79 Å². The Labute approximate surface area is 239 Å². The summed E-state index contributed by atoms with van der Waals surface area (Å²) in [7, 11) is 0. The number of piperidine rings is 1. The normalized spacial score (nSPS) is 17.8. The van der Waals surface area contributed by atoms with Crippen LogP contribution in [0.2, 0.25) is 0 Å². The van der Waals surface area contributed by atoms with Crippen LogP contribution in [0.5, 0.6) is 0 Å². The van der Waals surface area contributed by atoms with E-state index >= 15 is 0 Å². The third-order valence-corrected chi connectivity index (χ3v) is 8.67. The molecular formula is C34H45N4O2+. The number of ether oxygens (including phenoxy) is 1. The Balaban J connectivity index is 1.58. The molecule has 0 atom stereocenters. The summed E-state index contributed by atoms with van der Waals surface area (Å²) in [4.78, 5) is 18.4. The maximum Gasteiger partial charge on any atom is 0.257 e. The summed E-state index contributed by atoms with van der Waals surface area (Å²) in [5.74, 6) is 7.63. The van der Waals surface area contributed by atoms with Crippen molar-refractivity contribution in [2.45, 2.75) is 78.8 Å². The van der Waals surface area contributed by atoms with Gasteiger partial charge >= 0.3 is 0 Å². The van der Waals surface area contributed by atoms with Gasteiger partial charge in [0.15, 0.2) is 6.54 Å². The zero-order valence-electron chi connectivity index (χ0n) is 24.8. The highest BCUT2D eigenvalue weighted by molar-refractivity contribution is 5.76. The maximum absolute atomic E-state index is 12.9. The molecule has 0 unspecified atom stereocenters. The molecule has 0 bridgehead atoms. The highest BCUT2D eigenvalue weighted by atomic mass is 16.5. The predicted octanol–water partition coefficient (Wildman–Crippen LogP) is 5.07. The summed E-state index contributed by atoms with van der Waals surface area (Å²) in [5.41, 5.74) is 9.99. The van der Waals surface area contributed by atoms with E-state index in [1.165, 1.54) is 22.4 Å². The smallest absolute Gasteiger partial charge is 0.257 e. The van der Waals surface area contributed by atoms with E-state index in [-0.39, 0.29) is 5.56 Å². The SMILES string of the molecule is C=[N+](Cc1c(C)cc(C)[nH]c1=O)C(=C1CC1)c1cc(C#CC2CCNCC2)cc(N(CC)C2CCOCC2)c1C. The first kappa shape index (κ1) is 28.4. The molecule has 1 aromatic heterocycles. The molecule has 5 rings (SSSR count). The number of aryl methyl sites for hydroxylation is 2. The van der Waals surface area contributed by atoms with Gasteiger partial charge in [-0.15, -0.1) is 0 Å². The van der Waals surface area contributed by atoms with Gasteiger partial charge in [-0.3, -0.25) is 4.79 Å². The molecule has 2 saturated heterocycles. The van der Waals surface area contributed by atoms with Gasteiger partial charge in [-0.2, -0.15) is 0 Å². The molecule has 3 aliphatic rings. The lowest BCUT2D eigenvalue weighted by Gasteiger charge is -2.36. The lowest BCUT2D eigenvalue weighted by atomic mass is 9.95. The van der Waals surface area contributed by atoms with E-state index in [0.29, 0.717) is 18.5 Å². The fourth-order valence-corrected chi connectivity index (χ4v) is 6.32. The molecule has 3 heterocycles. The van der Waals surface area contributed by atoms with Crippen LogP contribution in [0.25, 0.3) is 5.70 Å². The molecule has 40 heavy (non-hydrogen) atoms. The van der Waals surface area contributed by atoms with E-state index in [1.54, 1.807) is 0 Å². The summed E-state index contributed by atoms with van der Waals surface area (Å²) < 4.78 is 7.75. The van der Waals surface area contributed by atoms with Gasteiger partial charge in [0.25, 0.3) is 5.56 Å². The van der Waals surface area contributed by atoms with Gasteiger partial charge in [0.1, 0.15) is 6.72 Å². The number of nitrogens with one attached hydrogen (secondary N) is 2. The number of nitrogens with zero attached hydrogens (tertiary/aromatic N) is 2. The number of hydrogen-bond acceptors (Lipinski definition) is 4. The third-order valence-electron chi connectivity index (χ3n) is 8.67. The average Bonchev–Trinajstić information content (AvgIpc) is 3.78. The minimum absolute atomic E-state index is 0.0260. The summed E-state index contributed by atoms with van der Waals surface area (Å²) in [5, 5.41) is 3.45. The second kappa shape index (κ2) is 12.6. The van der Waals surface area contributed by atoms with E-state index in [1.807, 2.05) is 19.9 Å². The average molecular weight is 542 g/mol. The van der Waals surface area contributed by atoms with Gasteiger partial charge in [-0.05, 0) is 109 Å². The molecule has 2 aromatic rings. The first-order valence-electron chi connectivity index (χ1n) is 15.1. The quantitative estimate of drug-likeness (QED) is 0.292. The van der Waals surface area contributed by atoms with Crippen LogP contribution >= 0.6 is 0 Å². The van der Waals surface area contributed by atoms with Gasteiger partial charge in [0.2, 0.25) is 5.70 Å². The van der Waals surface area contributed by atoms with E-state index < -0.39 is 0 Å². The lowest BCUT2D eigenvalue weighted by Crippen LogP contribution is -2.40. The van der Waals surface area contributed by atoms with Gasteiger partial charge in [-0.1, -0.05) is 11.8 Å². The largest absolute Gasteiger partial charge is 0.381 e. The van der Waals surface area contributed by atoms with Gasteiger partial charge < -0.3 is 19.9 Å². The van der Waals surface area contributed by atoms with Crippen LogP contribution in [0, 0.1) is 38.5 Å². The maximum atomic E-state index is 12.9. The fraction of sp³-hybridized carbons (Fsp3) is 0.529. The first-order valence-corrected chi connectivity index (χ1v) is 15.1. The minimum atomic E-state index is -0.0260. The molecule has 0 radical (unpaired) electrons. The monoisotopic (exact) mass is 541 g/mol. The van der Waals surface area contributed by atoms with Crippen molar-refractivity contribution >= 4 is 18.1 Å². The molecule has 1 saturated carbocycles. The molecule has 3 fully saturated rings. The van der Waals surface area contributed by atoms with Crippen molar-refractivity contribution in [3.8, 4) is 11.8 Å². The number of rotatable bonds is 7. The number of anilines is 1. The van der Waals surface area contributed by atoms with E-state index in [2.05, 4.69) is 64.3 Å². The first-order chi connectivity index (χ1) is 19.4. The highest BCUT2D eigenvalue weighted by Crippen LogP contribution is 2.41. The molecule has 2 N–H and O–H groups in total. The number of H-pyrrole nitrogens is 1. The van der Waals surface area contributed by atoms with Crippen LogP contribution in [0.1, 0.15) is 79.0 Å². The summed E-state index contributed by atoms with van der Waals surface area (Å²) in [6.45, 7) is 18.1. The number of pyridine rings is 1. The second-order valence-electron chi connectivity index (χ2n) is 11.7. The number of benzene rings is 1. The van der Waals surface area contributed by atoms with Gasteiger partial charge in [0, 0.05) is 54.2 Å². The Bertz CT molecular complexity index is 1410. The number of hydrogen-bond donors (Lipinski definition) is 2. The lowest BCUT2D eigenvalue weighted by molar-refractivity contribution is -0.440. The minimum Gasteiger partial charge on any atom is -0.381 e. The number of aromatic amines is 1. The predicted molar refractivity (Wildman–Crippen MR) is 164 cm³/mol. The van der Waals surface area contributed by atoms with Crippen molar-refractivity contribution in [2.24, 2.45) is 5.92 Å². The van der Waals surface area contributed by atoms with Crippen LogP contribution in [0.15, 0.2) is 28.6 Å². The highest BCUT2D eigenvalue weighted by Gasteiger charge is 2.32. The van der Waals surface area contributed by atoms with Gasteiger partial charge in [0.05, 0.1) is 11.1 Å². The molecule has 1 aromatic carbocycles. The number of aromatic nitrogens is 1. The molecule has 6 heteroatoms. The zero-order chi connectivity index (χ0) is 28.2. The van der Waals surface area contributed by atoms with Crippen molar-refractivity contribution in [3.05, 3.63) is 67.6 Å². The summed E-state index contributed by atoms with van der Waals surface area (Å²) in [6.07, 6.45) is 6.43. The zero-order valence-corrected chi connectivity index (χ0v) is 24.8.